The van der Waals surface area contributed by atoms with E-state index in [1.165, 1.54) is 12.8 Å². The standard InChI is InChI=1S/C12H20N4O/c1-9-8-11(15-12(13)14-9)16-6-2-4-10(16)5-3-7-17/h8,10,17H,2-7H2,1H3,(H2,13,14,15). The van der Waals surface area contributed by atoms with Crippen LogP contribution in [0.3, 0.4) is 0 Å². The van der Waals surface area contributed by atoms with Gasteiger partial charge < -0.3 is 15.7 Å². The van der Waals surface area contributed by atoms with Crippen LogP contribution in [0.5, 0.6) is 0 Å². The highest BCUT2D eigenvalue weighted by Crippen LogP contribution is 2.27. The van der Waals surface area contributed by atoms with E-state index >= 15 is 0 Å². The van der Waals surface area contributed by atoms with Gasteiger partial charge in [-0.2, -0.15) is 4.98 Å². The van der Waals surface area contributed by atoms with Gasteiger partial charge in [0.05, 0.1) is 0 Å². The Morgan fingerprint density at radius 3 is 3.06 bits per heavy atom. The molecular formula is C12H20N4O. The van der Waals surface area contributed by atoms with Crippen molar-refractivity contribution in [3.63, 3.8) is 0 Å². The molecule has 5 heteroatoms. The van der Waals surface area contributed by atoms with Crippen molar-refractivity contribution in [2.45, 2.75) is 38.6 Å². The fourth-order valence-corrected chi connectivity index (χ4v) is 2.49. The van der Waals surface area contributed by atoms with Gasteiger partial charge in [0.1, 0.15) is 5.82 Å². The summed E-state index contributed by atoms with van der Waals surface area (Å²) in [5, 5.41) is 8.91. The lowest BCUT2D eigenvalue weighted by atomic mass is 10.1. The molecule has 3 N–H and O–H groups in total. The maximum Gasteiger partial charge on any atom is 0.222 e. The predicted molar refractivity (Wildman–Crippen MR) is 67.9 cm³/mol. The molecule has 0 spiro atoms. The highest BCUT2D eigenvalue weighted by atomic mass is 16.2. The average Bonchev–Trinajstić information content (AvgIpc) is 2.73. The van der Waals surface area contributed by atoms with Gasteiger partial charge in [-0.05, 0) is 32.6 Å². The molecular weight excluding hydrogens is 216 g/mol. The Bertz CT molecular complexity index is 363. The van der Waals surface area contributed by atoms with E-state index in [9.17, 15) is 0 Å². The van der Waals surface area contributed by atoms with Crippen LogP contribution < -0.4 is 10.6 Å². The Labute approximate surface area is 102 Å². The van der Waals surface area contributed by atoms with Crippen molar-refractivity contribution in [2.24, 2.45) is 0 Å². The van der Waals surface area contributed by atoms with Gasteiger partial charge in [-0.25, -0.2) is 4.98 Å². The number of aromatic nitrogens is 2. The highest BCUT2D eigenvalue weighted by Gasteiger charge is 2.25. The molecule has 1 aromatic heterocycles. The first-order valence-corrected chi connectivity index (χ1v) is 6.19. The van der Waals surface area contributed by atoms with Gasteiger partial charge in [-0.3, -0.25) is 0 Å². The zero-order chi connectivity index (χ0) is 12.3. The number of nitrogens with two attached hydrogens (primary N) is 1. The lowest BCUT2D eigenvalue weighted by molar-refractivity contribution is 0.279. The topological polar surface area (TPSA) is 75.3 Å². The third-order valence-corrected chi connectivity index (χ3v) is 3.22. The molecule has 17 heavy (non-hydrogen) atoms. The molecule has 2 heterocycles. The van der Waals surface area contributed by atoms with Gasteiger partial charge in [0, 0.05) is 31.0 Å². The zero-order valence-corrected chi connectivity index (χ0v) is 10.3. The lowest BCUT2D eigenvalue weighted by Gasteiger charge is -2.25. The Morgan fingerprint density at radius 2 is 2.35 bits per heavy atom. The van der Waals surface area contributed by atoms with E-state index in [1.54, 1.807) is 0 Å². The number of hydrogen-bond donors (Lipinski definition) is 2. The van der Waals surface area contributed by atoms with Crippen molar-refractivity contribution in [3.8, 4) is 0 Å². The van der Waals surface area contributed by atoms with Crippen LogP contribution in [0.15, 0.2) is 6.07 Å². The number of aliphatic hydroxyl groups is 1. The monoisotopic (exact) mass is 236 g/mol. The minimum atomic E-state index is 0.259. The summed E-state index contributed by atoms with van der Waals surface area (Å²) < 4.78 is 0. The van der Waals surface area contributed by atoms with Gasteiger partial charge in [-0.15, -0.1) is 0 Å². The van der Waals surface area contributed by atoms with Crippen molar-refractivity contribution in [1.82, 2.24) is 9.97 Å². The van der Waals surface area contributed by atoms with E-state index < -0.39 is 0 Å². The number of aryl methyl sites for hydroxylation is 1. The molecule has 1 aliphatic rings. The van der Waals surface area contributed by atoms with Gasteiger partial charge in [-0.1, -0.05) is 0 Å². The van der Waals surface area contributed by atoms with Crippen LogP contribution in [0.1, 0.15) is 31.4 Å². The quantitative estimate of drug-likeness (QED) is 0.819. The largest absolute Gasteiger partial charge is 0.396 e. The number of nitrogens with zero attached hydrogens (tertiary/aromatic N) is 3. The average molecular weight is 236 g/mol. The zero-order valence-electron chi connectivity index (χ0n) is 10.3. The molecule has 1 fully saturated rings. The van der Waals surface area contributed by atoms with Crippen LogP contribution in [0.2, 0.25) is 0 Å². The van der Waals surface area contributed by atoms with Gasteiger partial charge in [0.15, 0.2) is 0 Å². The second kappa shape index (κ2) is 5.31. The predicted octanol–water partition coefficient (Wildman–Crippen LogP) is 1.11. The van der Waals surface area contributed by atoms with Crippen LogP contribution >= 0.6 is 0 Å². The second-order valence-electron chi connectivity index (χ2n) is 4.58. The van der Waals surface area contributed by atoms with Crippen LogP contribution in [0, 0.1) is 6.92 Å². The summed E-state index contributed by atoms with van der Waals surface area (Å²) >= 11 is 0. The number of nitrogen functional groups attached to an aromatic ring is 1. The molecule has 1 atom stereocenters. The summed E-state index contributed by atoms with van der Waals surface area (Å²) in [6.45, 7) is 3.21. The molecule has 0 bridgehead atoms. The fourth-order valence-electron chi connectivity index (χ4n) is 2.49. The van der Waals surface area contributed by atoms with Crippen molar-refractivity contribution in [3.05, 3.63) is 11.8 Å². The van der Waals surface area contributed by atoms with Crippen molar-refractivity contribution in [2.75, 3.05) is 23.8 Å². The van der Waals surface area contributed by atoms with Crippen molar-refractivity contribution >= 4 is 11.8 Å². The first-order chi connectivity index (χ1) is 8.20. The number of anilines is 2. The highest BCUT2D eigenvalue weighted by molar-refractivity contribution is 5.45. The summed E-state index contributed by atoms with van der Waals surface area (Å²) in [7, 11) is 0. The normalized spacial score (nSPS) is 19.9. The maximum absolute atomic E-state index is 8.91. The van der Waals surface area contributed by atoms with E-state index in [0.29, 0.717) is 12.0 Å². The third-order valence-electron chi connectivity index (χ3n) is 3.22. The summed E-state index contributed by atoms with van der Waals surface area (Å²) in [4.78, 5) is 10.7. The molecule has 1 aromatic rings. The number of rotatable bonds is 4. The maximum atomic E-state index is 8.91. The third kappa shape index (κ3) is 2.85. The molecule has 0 aromatic carbocycles. The SMILES string of the molecule is Cc1cc(N2CCCC2CCCO)nc(N)n1. The minimum absolute atomic E-state index is 0.259. The molecule has 5 nitrogen and oxygen atoms in total. The van der Waals surface area contributed by atoms with Gasteiger partial charge >= 0.3 is 0 Å². The minimum Gasteiger partial charge on any atom is -0.396 e. The molecule has 1 saturated heterocycles. The van der Waals surface area contributed by atoms with E-state index in [0.717, 1.165) is 30.9 Å². The number of hydrogen-bond acceptors (Lipinski definition) is 5. The van der Waals surface area contributed by atoms with E-state index in [1.807, 2.05) is 13.0 Å². The smallest absolute Gasteiger partial charge is 0.222 e. The fraction of sp³-hybridized carbons (Fsp3) is 0.667. The first-order valence-electron chi connectivity index (χ1n) is 6.19. The Morgan fingerprint density at radius 1 is 1.53 bits per heavy atom. The van der Waals surface area contributed by atoms with Crippen LogP contribution in [0.4, 0.5) is 11.8 Å². The summed E-state index contributed by atoms with van der Waals surface area (Å²) in [6.07, 6.45) is 4.21. The van der Waals surface area contributed by atoms with Crippen molar-refractivity contribution in [1.29, 1.82) is 0 Å². The van der Waals surface area contributed by atoms with Crippen molar-refractivity contribution < 1.29 is 5.11 Å². The van der Waals surface area contributed by atoms with E-state index in [4.69, 9.17) is 10.8 Å². The van der Waals surface area contributed by atoms with E-state index in [2.05, 4.69) is 14.9 Å². The molecule has 1 aliphatic heterocycles. The summed E-state index contributed by atoms with van der Waals surface area (Å²) in [6, 6.07) is 2.46. The molecule has 0 amide bonds. The summed E-state index contributed by atoms with van der Waals surface area (Å²) in [5.74, 6) is 1.27. The van der Waals surface area contributed by atoms with E-state index in [-0.39, 0.29) is 6.61 Å². The molecule has 2 rings (SSSR count). The molecule has 1 unspecified atom stereocenters. The Balaban J connectivity index is 2.14. The molecule has 0 radical (unpaired) electrons. The van der Waals surface area contributed by atoms with Crippen LogP contribution in [-0.4, -0.2) is 34.3 Å². The van der Waals surface area contributed by atoms with Crippen LogP contribution in [-0.2, 0) is 0 Å². The molecule has 0 aliphatic carbocycles. The van der Waals surface area contributed by atoms with Gasteiger partial charge in [0.2, 0.25) is 5.95 Å². The number of aliphatic hydroxyl groups excluding tert-OH is 1. The Hall–Kier alpha value is -1.36. The van der Waals surface area contributed by atoms with Gasteiger partial charge in [0.25, 0.3) is 0 Å². The second-order valence-corrected chi connectivity index (χ2v) is 4.58. The molecule has 0 saturated carbocycles. The van der Waals surface area contributed by atoms with Crippen LogP contribution in [0.25, 0.3) is 0 Å². The summed E-state index contributed by atoms with van der Waals surface area (Å²) in [5.41, 5.74) is 6.59. The lowest BCUT2D eigenvalue weighted by Crippen LogP contribution is -2.30. The molecule has 94 valence electrons. The Kier molecular flexibility index (Phi) is 3.78. The first kappa shape index (κ1) is 12.1.